The van der Waals surface area contributed by atoms with Crippen LogP contribution in [0, 0.1) is 5.82 Å². The Balaban J connectivity index is 1.45. The molecule has 0 saturated carbocycles. The van der Waals surface area contributed by atoms with E-state index >= 15 is 0 Å². The molecule has 1 amide bonds. The van der Waals surface area contributed by atoms with Crippen LogP contribution in [0.1, 0.15) is 17.3 Å². The summed E-state index contributed by atoms with van der Waals surface area (Å²) < 4.78 is 18.0. The standard InChI is InChI=1S/C21H24FN3O3/c1-2-28-21(27)16-3-7-18(8-4-16)23-15-20(26)25-13-11-24(12-14-25)19-9-5-17(22)6-10-19/h3-10,23H,2,11-15H2,1H3. The van der Waals surface area contributed by atoms with E-state index in [1.54, 1.807) is 43.3 Å². The van der Waals surface area contributed by atoms with Crippen molar-refractivity contribution in [3.05, 3.63) is 59.9 Å². The molecule has 0 unspecified atom stereocenters. The quantitative estimate of drug-likeness (QED) is 0.775. The maximum Gasteiger partial charge on any atom is 0.338 e. The van der Waals surface area contributed by atoms with Crippen LogP contribution in [0.15, 0.2) is 48.5 Å². The number of nitrogens with zero attached hydrogens (tertiary/aromatic N) is 2. The number of carbonyl (C=O) groups excluding carboxylic acids is 2. The van der Waals surface area contributed by atoms with Crippen molar-refractivity contribution in [3.63, 3.8) is 0 Å². The summed E-state index contributed by atoms with van der Waals surface area (Å²) in [6, 6.07) is 13.3. The fourth-order valence-electron chi connectivity index (χ4n) is 3.09. The van der Waals surface area contributed by atoms with Crippen molar-refractivity contribution >= 4 is 23.3 Å². The van der Waals surface area contributed by atoms with Crippen LogP contribution < -0.4 is 10.2 Å². The van der Waals surface area contributed by atoms with Crippen LogP contribution in [0.25, 0.3) is 0 Å². The largest absolute Gasteiger partial charge is 0.462 e. The lowest BCUT2D eigenvalue weighted by atomic mass is 10.2. The fourth-order valence-corrected chi connectivity index (χ4v) is 3.09. The number of benzene rings is 2. The van der Waals surface area contributed by atoms with E-state index in [0.717, 1.165) is 11.4 Å². The summed E-state index contributed by atoms with van der Waals surface area (Å²) in [5.74, 6) is -0.587. The molecule has 0 radical (unpaired) electrons. The number of esters is 1. The van der Waals surface area contributed by atoms with Crippen molar-refractivity contribution in [3.8, 4) is 0 Å². The van der Waals surface area contributed by atoms with E-state index in [2.05, 4.69) is 10.2 Å². The number of piperazine rings is 1. The number of anilines is 2. The number of hydrogen-bond acceptors (Lipinski definition) is 5. The van der Waals surface area contributed by atoms with E-state index in [1.807, 2.05) is 4.90 Å². The van der Waals surface area contributed by atoms with Gasteiger partial charge in [-0.3, -0.25) is 4.79 Å². The highest BCUT2D eigenvalue weighted by atomic mass is 19.1. The van der Waals surface area contributed by atoms with E-state index in [9.17, 15) is 14.0 Å². The van der Waals surface area contributed by atoms with Crippen molar-refractivity contribution in [2.45, 2.75) is 6.92 Å². The Bertz CT molecular complexity index is 801. The van der Waals surface area contributed by atoms with E-state index in [-0.39, 0.29) is 24.2 Å². The maximum atomic E-state index is 13.0. The topological polar surface area (TPSA) is 61.9 Å². The van der Waals surface area contributed by atoms with Crippen LogP contribution in [-0.2, 0) is 9.53 Å². The predicted octanol–water partition coefficient (Wildman–Crippen LogP) is 2.76. The fraction of sp³-hybridized carbons (Fsp3) is 0.333. The molecule has 6 nitrogen and oxygen atoms in total. The van der Waals surface area contributed by atoms with Gasteiger partial charge in [-0.15, -0.1) is 0 Å². The molecule has 0 atom stereocenters. The molecule has 0 aliphatic carbocycles. The third-order valence-electron chi connectivity index (χ3n) is 4.66. The van der Waals surface area contributed by atoms with Gasteiger partial charge in [0.2, 0.25) is 5.91 Å². The first-order valence-electron chi connectivity index (χ1n) is 9.36. The Morgan fingerprint density at radius 1 is 1.00 bits per heavy atom. The Morgan fingerprint density at radius 2 is 1.64 bits per heavy atom. The SMILES string of the molecule is CCOC(=O)c1ccc(NCC(=O)N2CCN(c3ccc(F)cc3)CC2)cc1. The molecule has 1 N–H and O–H groups in total. The molecule has 3 rings (SSSR count). The van der Waals surface area contributed by atoms with Gasteiger partial charge in [0, 0.05) is 37.6 Å². The maximum absolute atomic E-state index is 13.0. The molecule has 0 spiro atoms. The third kappa shape index (κ3) is 5.00. The number of amides is 1. The molecule has 2 aromatic carbocycles. The van der Waals surface area contributed by atoms with Gasteiger partial charge >= 0.3 is 5.97 Å². The van der Waals surface area contributed by atoms with E-state index in [4.69, 9.17) is 4.74 Å². The molecule has 7 heteroatoms. The average Bonchev–Trinajstić information content (AvgIpc) is 2.73. The minimum absolute atomic E-state index is 0.0215. The first kappa shape index (κ1) is 19.7. The lowest BCUT2D eigenvalue weighted by Crippen LogP contribution is -2.50. The van der Waals surface area contributed by atoms with Gasteiger partial charge in [-0.25, -0.2) is 9.18 Å². The monoisotopic (exact) mass is 385 g/mol. The van der Waals surface area contributed by atoms with Crippen molar-refractivity contribution in [1.29, 1.82) is 0 Å². The van der Waals surface area contributed by atoms with Gasteiger partial charge in [0.05, 0.1) is 18.7 Å². The Hall–Kier alpha value is -3.09. The molecule has 1 saturated heterocycles. The summed E-state index contributed by atoms with van der Waals surface area (Å²) in [6.07, 6.45) is 0. The summed E-state index contributed by atoms with van der Waals surface area (Å²) in [4.78, 5) is 28.1. The first-order chi connectivity index (χ1) is 13.6. The lowest BCUT2D eigenvalue weighted by molar-refractivity contribution is -0.129. The van der Waals surface area contributed by atoms with E-state index in [0.29, 0.717) is 38.3 Å². The molecule has 1 aliphatic rings. The number of carbonyl (C=O) groups is 2. The zero-order chi connectivity index (χ0) is 19.9. The van der Waals surface area contributed by atoms with Gasteiger partial charge in [0.25, 0.3) is 0 Å². The number of nitrogens with one attached hydrogen (secondary N) is 1. The zero-order valence-electron chi connectivity index (χ0n) is 15.9. The third-order valence-corrected chi connectivity index (χ3v) is 4.66. The highest BCUT2D eigenvalue weighted by Gasteiger charge is 2.21. The minimum atomic E-state index is -0.357. The Labute approximate surface area is 163 Å². The summed E-state index contributed by atoms with van der Waals surface area (Å²) in [5.41, 5.74) is 2.22. The Morgan fingerprint density at radius 3 is 2.25 bits per heavy atom. The molecule has 0 aromatic heterocycles. The van der Waals surface area contributed by atoms with Gasteiger partial charge in [0.15, 0.2) is 0 Å². The molecule has 2 aromatic rings. The number of halogens is 1. The number of hydrogen-bond donors (Lipinski definition) is 1. The molecule has 28 heavy (non-hydrogen) atoms. The molecular formula is C21H24FN3O3. The molecule has 148 valence electrons. The normalized spacial score (nSPS) is 13.9. The lowest BCUT2D eigenvalue weighted by Gasteiger charge is -2.36. The second kappa shape index (κ2) is 9.21. The van der Waals surface area contributed by atoms with Crippen LogP contribution in [0.4, 0.5) is 15.8 Å². The minimum Gasteiger partial charge on any atom is -0.462 e. The average molecular weight is 385 g/mol. The van der Waals surface area contributed by atoms with Crippen molar-refractivity contribution < 1.29 is 18.7 Å². The molecule has 0 bridgehead atoms. The van der Waals surface area contributed by atoms with Crippen LogP contribution in [0.5, 0.6) is 0 Å². The van der Waals surface area contributed by atoms with Crippen LogP contribution in [-0.4, -0.2) is 56.1 Å². The zero-order valence-corrected chi connectivity index (χ0v) is 15.9. The Kier molecular flexibility index (Phi) is 6.47. The first-order valence-corrected chi connectivity index (χ1v) is 9.36. The van der Waals surface area contributed by atoms with Gasteiger partial charge < -0.3 is 19.9 Å². The predicted molar refractivity (Wildman–Crippen MR) is 106 cm³/mol. The van der Waals surface area contributed by atoms with E-state index < -0.39 is 0 Å². The second-order valence-electron chi connectivity index (χ2n) is 6.50. The highest BCUT2D eigenvalue weighted by Crippen LogP contribution is 2.17. The molecule has 1 heterocycles. The molecule has 1 fully saturated rings. The summed E-state index contributed by atoms with van der Waals surface area (Å²) in [5, 5.41) is 3.09. The van der Waals surface area contributed by atoms with Gasteiger partial charge in [-0.2, -0.15) is 0 Å². The van der Waals surface area contributed by atoms with Gasteiger partial charge in [0.1, 0.15) is 5.82 Å². The van der Waals surface area contributed by atoms with Crippen LogP contribution in [0.2, 0.25) is 0 Å². The van der Waals surface area contributed by atoms with E-state index in [1.165, 1.54) is 12.1 Å². The smallest absolute Gasteiger partial charge is 0.338 e. The van der Waals surface area contributed by atoms with Crippen molar-refractivity contribution in [2.75, 3.05) is 49.5 Å². The van der Waals surface area contributed by atoms with Crippen molar-refractivity contribution in [2.24, 2.45) is 0 Å². The summed E-state index contributed by atoms with van der Waals surface area (Å²) >= 11 is 0. The van der Waals surface area contributed by atoms with Crippen LogP contribution in [0.3, 0.4) is 0 Å². The summed E-state index contributed by atoms with van der Waals surface area (Å²) in [7, 11) is 0. The van der Waals surface area contributed by atoms with Gasteiger partial charge in [-0.1, -0.05) is 0 Å². The van der Waals surface area contributed by atoms with Crippen LogP contribution >= 0.6 is 0 Å². The summed E-state index contributed by atoms with van der Waals surface area (Å²) in [6.45, 7) is 4.96. The second-order valence-corrected chi connectivity index (χ2v) is 6.50. The molecular weight excluding hydrogens is 361 g/mol. The molecule has 1 aliphatic heterocycles. The number of rotatable bonds is 6. The van der Waals surface area contributed by atoms with Crippen molar-refractivity contribution in [1.82, 2.24) is 4.90 Å². The number of ether oxygens (including phenoxy) is 1. The highest BCUT2D eigenvalue weighted by molar-refractivity contribution is 5.90. The van der Waals surface area contributed by atoms with Gasteiger partial charge in [-0.05, 0) is 55.5 Å².